The molecule has 0 aliphatic heterocycles. The van der Waals surface area contributed by atoms with Gasteiger partial charge in [-0.15, -0.1) is 11.3 Å². The zero-order chi connectivity index (χ0) is 9.26. The van der Waals surface area contributed by atoms with Crippen molar-refractivity contribution in [2.45, 2.75) is 9.24 Å². The molecular weight excluding hydrogens is 202 g/mol. The maximum absolute atomic E-state index is 5.76. The molecule has 3 nitrogen and oxygen atoms in total. The monoisotopic (exact) mass is 211 g/mol. The van der Waals surface area contributed by atoms with Crippen molar-refractivity contribution in [1.29, 1.82) is 0 Å². The van der Waals surface area contributed by atoms with Crippen molar-refractivity contribution < 1.29 is 0 Å². The molecule has 2 rings (SSSR count). The summed E-state index contributed by atoms with van der Waals surface area (Å²) in [6, 6.07) is 4.08. The third-order valence-corrected chi connectivity index (χ3v) is 3.56. The van der Waals surface area contributed by atoms with E-state index in [0.717, 1.165) is 10.7 Å². The van der Waals surface area contributed by atoms with Gasteiger partial charge < -0.3 is 5.73 Å². The molecule has 0 saturated carbocycles. The standard InChI is InChI=1S/C8H9N3S2/c1-11-5-6(9)8(10-11)13-7-3-2-4-12-7/h2-5H,9H2,1H3. The molecule has 5 heteroatoms. The molecule has 0 aliphatic carbocycles. The minimum absolute atomic E-state index is 0.737. The molecule has 0 atom stereocenters. The Balaban J connectivity index is 2.23. The topological polar surface area (TPSA) is 43.8 Å². The van der Waals surface area contributed by atoms with Crippen molar-refractivity contribution in [2.24, 2.45) is 7.05 Å². The zero-order valence-corrected chi connectivity index (χ0v) is 8.73. The highest BCUT2D eigenvalue weighted by Gasteiger charge is 2.06. The molecule has 2 aromatic heterocycles. The summed E-state index contributed by atoms with van der Waals surface area (Å²) in [5.74, 6) is 0. The molecule has 13 heavy (non-hydrogen) atoms. The summed E-state index contributed by atoms with van der Waals surface area (Å²) >= 11 is 3.30. The number of anilines is 1. The van der Waals surface area contributed by atoms with Gasteiger partial charge >= 0.3 is 0 Å². The van der Waals surface area contributed by atoms with Gasteiger partial charge in [-0.2, -0.15) is 5.10 Å². The Morgan fingerprint density at radius 2 is 2.46 bits per heavy atom. The summed E-state index contributed by atoms with van der Waals surface area (Å²) in [5.41, 5.74) is 6.50. The molecule has 2 N–H and O–H groups in total. The molecule has 0 bridgehead atoms. The number of rotatable bonds is 2. The van der Waals surface area contributed by atoms with Crippen molar-refractivity contribution in [2.75, 3.05) is 5.73 Å². The van der Waals surface area contributed by atoms with Crippen molar-refractivity contribution in [3.05, 3.63) is 23.7 Å². The van der Waals surface area contributed by atoms with E-state index in [4.69, 9.17) is 5.73 Å². The van der Waals surface area contributed by atoms with Crippen molar-refractivity contribution in [3.63, 3.8) is 0 Å². The molecule has 0 unspecified atom stereocenters. The molecule has 0 radical (unpaired) electrons. The predicted molar refractivity (Wildman–Crippen MR) is 56.1 cm³/mol. The summed E-state index contributed by atoms with van der Waals surface area (Å²) < 4.78 is 2.94. The molecule has 0 saturated heterocycles. The summed E-state index contributed by atoms with van der Waals surface area (Å²) in [6.07, 6.45) is 1.82. The number of hydrogen-bond acceptors (Lipinski definition) is 4. The van der Waals surface area contributed by atoms with Crippen LogP contribution >= 0.6 is 23.1 Å². The summed E-state index contributed by atoms with van der Waals surface area (Å²) in [5, 5.41) is 7.17. The van der Waals surface area contributed by atoms with Gasteiger partial charge in [0.15, 0.2) is 0 Å². The van der Waals surface area contributed by atoms with Gasteiger partial charge in [-0.05, 0) is 11.4 Å². The average Bonchev–Trinajstić information content (AvgIpc) is 2.63. The van der Waals surface area contributed by atoms with E-state index in [9.17, 15) is 0 Å². The third-order valence-electron chi connectivity index (χ3n) is 1.51. The molecule has 0 amide bonds. The normalized spacial score (nSPS) is 10.5. The highest BCUT2D eigenvalue weighted by Crippen LogP contribution is 2.33. The molecule has 0 aliphatic rings. The van der Waals surface area contributed by atoms with Crippen LogP contribution < -0.4 is 5.73 Å². The maximum Gasteiger partial charge on any atom is 0.147 e. The van der Waals surface area contributed by atoms with Gasteiger partial charge in [0, 0.05) is 13.2 Å². The second kappa shape index (κ2) is 3.43. The van der Waals surface area contributed by atoms with Crippen LogP contribution in [0.1, 0.15) is 0 Å². The fraction of sp³-hybridized carbons (Fsp3) is 0.125. The summed E-state index contributed by atoms with van der Waals surface area (Å²) in [7, 11) is 1.87. The molecule has 0 aromatic carbocycles. The van der Waals surface area contributed by atoms with E-state index < -0.39 is 0 Å². The highest BCUT2D eigenvalue weighted by molar-refractivity contribution is 8.01. The Hall–Kier alpha value is -0.940. The number of aryl methyl sites for hydroxylation is 1. The van der Waals surface area contributed by atoms with E-state index >= 15 is 0 Å². The number of nitrogens with two attached hydrogens (primary N) is 1. The van der Waals surface area contributed by atoms with E-state index in [1.54, 1.807) is 27.8 Å². The van der Waals surface area contributed by atoms with E-state index in [1.807, 2.05) is 24.7 Å². The van der Waals surface area contributed by atoms with Crippen LogP contribution in [-0.4, -0.2) is 9.78 Å². The van der Waals surface area contributed by atoms with Gasteiger partial charge in [-0.1, -0.05) is 17.8 Å². The van der Waals surface area contributed by atoms with Crippen LogP contribution in [0.2, 0.25) is 0 Å². The molecular formula is C8H9N3S2. The third kappa shape index (κ3) is 1.87. The van der Waals surface area contributed by atoms with Gasteiger partial charge in [0.05, 0.1) is 9.90 Å². The lowest BCUT2D eigenvalue weighted by Crippen LogP contribution is -1.85. The van der Waals surface area contributed by atoms with Crippen LogP contribution in [0.5, 0.6) is 0 Å². The quantitative estimate of drug-likeness (QED) is 0.828. The predicted octanol–water partition coefficient (Wildman–Crippen LogP) is 2.21. The lowest BCUT2D eigenvalue weighted by atomic mass is 10.6. The van der Waals surface area contributed by atoms with Gasteiger partial charge in [0.1, 0.15) is 5.03 Å². The van der Waals surface area contributed by atoms with Crippen LogP contribution in [0.25, 0.3) is 0 Å². The lowest BCUT2D eigenvalue weighted by Gasteiger charge is -1.92. The molecule has 2 heterocycles. The van der Waals surface area contributed by atoms with Crippen LogP contribution in [0, 0.1) is 0 Å². The molecule has 0 fully saturated rings. The van der Waals surface area contributed by atoms with Crippen LogP contribution in [-0.2, 0) is 7.05 Å². The summed E-state index contributed by atoms with van der Waals surface area (Å²) in [4.78, 5) is 0. The van der Waals surface area contributed by atoms with Crippen molar-refractivity contribution in [1.82, 2.24) is 9.78 Å². The number of thiophene rings is 1. The van der Waals surface area contributed by atoms with Gasteiger partial charge in [0.25, 0.3) is 0 Å². The van der Waals surface area contributed by atoms with Crippen molar-refractivity contribution >= 4 is 28.8 Å². The van der Waals surface area contributed by atoms with Gasteiger partial charge in [0.2, 0.25) is 0 Å². The van der Waals surface area contributed by atoms with Crippen LogP contribution in [0.4, 0.5) is 5.69 Å². The smallest absolute Gasteiger partial charge is 0.147 e. The lowest BCUT2D eigenvalue weighted by molar-refractivity contribution is 0.738. The summed E-state index contributed by atoms with van der Waals surface area (Å²) in [6.45, 7) is 0. The van der Waals surface area contributed by atoms with Crippen LogP contribution in [0.15, 0.2) is 32.9 Å². The zero-order valence-electron chi connectivity index (χ0n) is 7.10. The fourth-order valence-corrected chi connectivity index (χ4v) is 2.70. The first kappa shape index (κ1) is 8.65. The Kier molecular flexibility index (Phi) is 2.28. The van der Waals surface area contributed by atoms with E-state index in [1.165, 1.54) is 4.21 Å². The Morgan fingerprint density at radius 1 is 1.62 bits per heavy atom. The first-order chi connectivity index (χ1) is 6.25. The molecule has 68 valence electrons. The first-order valence-electron chi connectivity index (χ1n) is 3.76. The second-order valence-corrected chi connectivity index (χ2v) is 4.83. The van der Waals surface area contributed by atoms with Gasteiger partial charge in [-0.3, -0.25) is 4.68 Å². The second-order valence-electron chi connectivity index (χ2n) is 2.60. The van der Waals surface area contributed by atoms with Crippen molar-refractivity contribution in [3.8, 4) is 0 Å². The van der Waals surface area contributed by atoms with Gasteiger partial charge in [-0.25, -0.2) is 0 Å². The number of hydrogen-bond donors (Lipinski definition) is 1. The molecule has 2 aromatic rings. The SMILES string of the molecule is Cn1cc(N)c(Sc2cccs2)n1. The van der Waals surface area contributed by atoms with Crippen LogP contribution in [0.3, 0.4) is 0 Å². The average molecular weight is 211 g/mol. The minimum atomic E-state index is 0.737. The fourth-order valence-electron chi connectivity index (χ4n) is 0.983. The Bertz CT molecular complexity index is 391. The number of aromatic nitrogens is 2. The van der Waals surface area contributed by atoms with E-state index in [2.05, 4.69) is 11.2 Å². The highest BCUT2D eigenvalue weighted by atomic mass is 32.2. The number of nitrogen functional groups attached to an aromatic ring is 1. The maximum atomic E-state index is 5.76. The van der Waals surface area contributed by atoms with E-state index in [-0.39, 0.29) is 0 Å². The minimum Gasteiger partial charge on any atom is -0.395 e. The Morgan fingerprint density at radius 3 is 3.00 bits per heavy atom. The Labute approximate surface area is 84.6 Å². The molecule has 0 spiro atoms. The first-order valence-corrected chi connectivity index (χ1v) is 5.46. The largest absolute Gasteiger partial charge is 0.395 e. The number of nitrogens with zero attached hydrogens (tertiary/aromatic N) is 2. The van der Waals surface area contributed by atoms with E-state index in [0.29, 0.717) is 0 Å².